The molecule has 3 aromatic rings. The molecule has 0 unspecified atom stereocenters. The molecule has 3 heterocycles. The van der Waals surface area contributed by atoms with E-state index in [0.717, 1.165) is 18.5 Å². The standard InChI is InChI=1S/C20H19N3O2/c24-20(19-8-4-12-25-19)22-14-18(16-6-3-10-21-13-16)23-11-9-15-5-1-2-7-17(15)23/h1-8,10,12-13,18H,9,11,14H2,(H,22,24)/t18-/m0/s1. The predicted molar refractivity (Wildman–Crippen MR) is 95.5 cm³/mol. The van der Waals surface area contributed by atoms with Crippen molar-refractivity contribution in [1.82, 2.24) is 10.3 Å². The number of anilines is 1. The first kappa shape index (κ1) is 15.4. The summed E-state index contributed by atoms with van der Waals surface area (Å²) in [6.07, 6.45) is 6.15. The molecule has 0 aliphatic carbocycles. The molecule has 1 amide bonds. The lowest BCUT2D eigenvalue weighted by Gasteiger charge is -2.30. The van der Waals surface area contributed by atoms with Crippen LogP contribution in [-0.4, -0.2) is 24.0 Å². The number of benzene rings is 1. The fourth-order valence-corrected chi connectivity index (χ4v) is 3.35. The number of rotatable bonds is 5. The van der Waals surface area contributed by atoms with Crippen LogP contribution < -0.4 is 10.2 Å². The Kier molecular flexibility index (Phi) is 4.21. The number of nitrogens with one attached hydrogen (secondary N) is 1. The van der Waals surface area contributed by atoms with Crippen molar-refractivity contribution in [3.63, 3.8) is 0 Å². The number of pyridine rings is 1. The fourth-order valence-electron chi connectivity index (χ4n) is 3.35. The van der Waals surface area contributed by atoms with Crippen molar-refractivity contribution in [1.29, 1.82) is 0 Å². The van der Waals surface area contributed by atoms with Crippen LogP contribution in [0, 0.1) is 0 Å². The molecule has 1 aliphatic rings. The Morgan fingerprint density at radius 3 is 2.92 bits per heavy atom. The van der Waals surface area contributed by atoms with Crippen molar-refractivity contribution in [2.45, 2.75) is 12.5 Å². The number of hydrogen-bond donors (Lipinski definition) is 1. The summed E-state index contributed by atoms with van der Waals surface area (Å²) < 4.78 is 5.18. The maximum Gasteiger partial charge on any atom is 0.287 e. The van der Waals surface area contributed by atoms with Gasteiger partial charge in [0, 0.05) is 31.2 Å². The number of carbonyl (C=O) groups excluding carboxylic acids is 1. The molecule has 4 rings (SSSR count). The van der Waals surface area contributed by atoms with E-state index in [0.29, 0.717) is 12.3 Å². The average Bonchev–Trinajstić information content (AvgIpc) is 3.33. The molecule has 5 nitrogen and oxygen atoms in total. The van der Waals surface area contributed by atoms with Crippen molar-refractivity contribution in [2.75, 3.05) is 18.0 Å². The van der Waals surface area contributed by atoms with Gasteiger partial charge >= 0.3 is 0 Å². The monoisotopic (exact) mass is 333 g/mol. The van der Waals surface area contributed by atoms with Crippen LogP contribution in [0.5, 0.6) is 0 Å². The molecule has 126 valence electrons. The number of para-hydroxylation sites is 1. The van der Waals surface area contributed by atoms with Crippen molar-refractivity contribution >= 4 is 11.6 Å². The molecule has 25 heavy (non-hydrogen) atoms. The van der Waals surface area contributed by atoms with Crippen LogP contribution in [0.2, 0.25) is 0 Å². The molecular formula is C20H19N3O2. The third kappa shape index (κ3) is 3.13. The molecule has 1 aliphatic heterocycles. The lowest BCUT2D eigenvalue weighted by Crippen LogP contribution is -2.37. The smallest absolute Gasteiger partial charge is 0.287 e. The quantitative estimate of drug-likeness (QED) is 0.779. The molecule has 2 aromatic heterocycles. The van der Waals surface area contributed by atoms with Crippen LogP contribution in [0.4, 0.5) is 5.69 Å². The van der Waals surface area contributed by atoms with Crippen LogP contribution in [0.1, 0.15) is 27.7 Å². The topological polar surface area (TPSA) is 58.4 Å². The normalized spacial score (nSPS) is 14.2. The minimum atomic E-state index is -0.202. The third-order valence-electron chi connectivity index (χ3n) is 4.57. The molecule has 0 saturated heterocycles. The summed E-state index contributed by atoms with van der Waals surface area (Å²) in [5.74, 6) is 0.123. The molecule has 0 radical (unpaired) electrons. The third-order valence-corrected chi connectivity index (χ3v) is 4.57. The first-order valence-electron chi connectivity index (χ1n) is 8.39. The van der Waals surface area contributed by atoms with Gasteiger partial charge in [0.2, 0.25) is 0 Å². The lowest BCUT2D eigenvalue weighted by atomic mass is 10.1. The maximum absolute atomic E-state index is 12.3. The Labute approximate surface area is 146 Å². The van der Waals surface area contributed by atoms with E-state index in [9.17, 15) is 4.79 Å². The highest BCUT2D eigenvalue weighted by Gasteiger charge is 2.27. The van der Waals surface area contributed by atoms with Crippen LogP contribution >= 0.6 is 0 Å². The van der Waals surface area contributed by atoms with Gasteiger partial charge in [-0.1, -0.05) is 24.3 Å². The predicted octanol–water partition coefficient (Wildman–Crippen LogP) is 3.21. The summed E-state index contributed by atoms with van der Waals surface area (Å²) in [6, 6.07) is 15.8. The van der Waals surface area contributed by atoms with E-state index in [2.05, 4.69) is 45.5 Å². The zero-order valence-corrected chi connectivity index (χ0v) is 13.8. The van der Waals surface area contributed by atoms with E-state index in [-0.39, 0.29) is 11.9 Å². The van der Waals surface area contributed by atoms with Crippen LogP contribution in [0.15, 0.2) is 71.6 Å². The lowest BCUT2D eigenvalue weighted by molar-refractivity contribution is 0.0923. The Bertz CT molecular complexity index is 846. The molecule has 1 N–H and O–H groups in total. The van der Waals surface area contributed by atoms with Gasteiger partial charge in [-0.25, -0.2) is 0 Å². The van der Waals surface area contributed by atoms with Crippen LogP contribution in [0.25, 0.3) is 0 Å². The van der Waals surface area contributed by atoms with Gasteiger partial charge in [0.25, 0.3) is 5.91 Å². The molecule has 1 aromatic carbocycles. The van der Waals surface area contributed by atoms with Gasteiger partial charge in [0.1, 0.15) is 0 Å². The molecule has 0 saturated carbocycles. The van der Waals surface area contributed by atoms with E-state index in [1.54, 1.807) is 18.3 Å². The van der Waals surface area contributed by atoms with E-state index in [1.165, 1.54) is 17.5 Å². The van der Waals surface area contributed by atoms with Crippen molar-refractivity contribution in [3.05, 3.63) is 84.1 Å². The first-order chi connectivity index (χ1) is 12.3. The zero-order chi connectivity index (χ0) is 17.1. The van der Waals surface area contributed by atoms with E-state index >= 15 is 0 Å². The number of furan rings is 1. The maximum atomic E-state index is 12.3. The molecule has 0 bridgehead atoms. The van der Waals surface area contributed by atoms with Gasteiger partial charge in [-0.05, 0) is 41.8 Å². The van der Waals surface area contributed by atoms with Crippen molar-refractivity contribution in [2.24, 2.45) is 0 Å². The number of fused-ring (bicyclic) bond motifs is 1. The van der Waals surface area contributed by atoms with E-state index < -0.39 is 0 Å². The Hall–Kier alpha value is -3.08. The van der Waals surface area contributed by atoms with Crippen molar-refractivity contribution in [3.8, 4) is 0 Å². The number of carbonyl (C=O) groups is 1. The number of nitrogens with zero attached hydrogens (tertiary/aromatic N) is 2. The molecule has 1 atom stereocenters. The molecule has 0 fully saturated rings. The van der Waals surface area contributed by atoms with Gasteiger partial charge in [-0.2, -0.15) is 0 Å². The van der Waals surface area contributed by atoms with Gasteiger partial charge in [-0.15, -0.1) is 0 Å². The van der Waals surface area contributed by atoms with Crippen molar-refractivity contribution < 1.29 is 9.21 Å². The number of hydrogen-bond acceptors (Lipinski definition) is 4. The molecular weight excluding hydrogens is 314 g/mol. The summed E-state index contributed by atoms with van der Waals surface area (Å²) in [6.45, 7) is 1.41. The second-order valence-corrected chi connectivity index (χ2v) is 6.06. The Morgan fingerprint density at radius 2 is 2.12 bits per heavy atom. The SMILES string of the molecule is O=C(NC[C@@H](c1cccnc1)N1CCc2ccccc21)c1ccco1. The van der Waals surface area contributed by atoms with E-state index in [1.807, 2.05) is 12.3 Å². The molecule has 5 heteroatoms. The first-order valence-corrected chi connectivity index (χ1v) is 8.39. The highest BCUT2D eigenvalue weighted by molar-refractivity contribution is 5.91. The second kappa shape index (κ2) is 6.81. The molecule has 0 spiro atoms. The Morgan fingerprint density at radius 1 is 1.20 bits per heavy atom. The highest BCUT2D eigenvalue weighted by atomic mass is 16.3. The summed E-state index contributed by atoms with van der Waals surface area (Å²) >= 11 is 0. The number of aromatic nitrogens is 1. The fraction of sp³-hybridized carbons (Fsp3) is 0.200. The van der Waals surface area contributed by atoms with E-state index in [4.69, 9.17) is 4.42 Å². The number of amides is 1. The second-order valence-electron chi connectivity index (χ2n) is 6.06. The summed E-state index contributed by atoms with van der Waals surface area (Å²) in [7, 11) is 0. The van der Waals surface area contributed by atoms with Gasteiger partial charge in [0.15, 0.2) is 5.76 Å². The summed E-state index contributed by atoms with van der Waals surface area (Å²) in [5, 5.41) is 2.99. The van der Waals surface area contributed by atoms with Gasteiger partial charge in [0.05, 0.1) is 12.3 Å². The van der Waals surface area contributed by atoms with Crippen LogP contribution in [0.3, 0.4) is 0 Å². The largest absolute Gasteiger partial charge is 0.459 e. The summed E-state index contributed by atoms with van der Waals surface area (Å²) in [5.41, 5.74) is 3.65. The summed E-state index contributed by atoms with van der Waals surface area (Å²) in [4.78, 5) is 18.9. The zero-order valence-electron chi connectivity index (χ0n) is 13.8. The minimum Gasteiger partial charge on any atom is -0.459 e. The van der Waals surface area contributed by atoms with Gasteiger partial charge in [-0.3, -0.25) is 9.78 Å². The van der Waals surface area contributed by atoms with Crippen LogP contribution in [-0.2, 0) is 6.42 Å². The van der Waals surface area contributed by atoms with Gasteiger partial charge < -0.3 is 14.6 Å². The highest BCUT2D eigenvalue weighted by Crippen LogP contribution is 2.34. The average molecular weight is 333 g/mol. The minimum absolute atomic E-state index is 0.0243. The Balaban J connectivity index is 1.59.